The highest BCUT2D eigenvalue weighted by atomic mass is 32.1. The second-order valence-corrected chi connectivity index (χ2v) is 14.9. The summed E-state index contributed by atoms with van der Waals surface area (Å²) in [6.07, 6.45) is -0.215. The van der Waals surface area contributed by atoms with Crippen molar-refractivity contribution in [3.8, 4) is 6.07 Å². The largest absolute Gasteiger partial charge is 0.338 e. The van der Waals surface area contributed by atoms with Crippen LogP contribution in [0.5, 0.6) is 0 Å². The van der Waals surface area contributed by atoms with Crippen LogP contribution in [0.3, 0.4) is 0 Å². The molecule has 44 heavy (non-hydrogen) atoms. The van der Waals surface area contributed by atoms with E-state index < -0.39 is 12.3 Å². The highest BCUT2D eigenvalue weighted by Gasteiger charge is 2.30. The third-order valence-corrected chi connectivity index (χ3v) is 9.05. The van der Waals surface area contributed by atoms with Gasteiger partial charge in [0.1, 0.15) is 11.6 Å². The van der Waals surface area contributed by atoms with Gasteiger partial charge in [-0.25, -0.2) is 13.8 Å². The Bertz CT molecular complexity index is 1590. The number of benzene rings is 1. The summed E-state index contributed by atoms with van der Waals surface area (Å²) in [5.41, 5.74) is 2.50. The lowest BCUT2D eigenvalue weighted by Gasteiger charge is -2.28. The zero-order chi connectivity index (χ0) is 32.4. The zero-order valence-corrected chi connectivity index (χ0v) is 27.3. The van der Waals surface area contributed by atoms with Gasteiger partial charge in [0.15, 0.2) is 0 Å². The molecule has 0 radical (unpaired) electrons. The molecule has 11 heteroatoms. The molecule has 4 rings (SSSR count). The van der Waals surface area contributed by atoms with E-state index in [4.69, 9.17) is 4.98 Å². The molecule has 0 unspecified atom stereocenters. The number of nitriles is 1. The Kier molecular flexibility index (Phi) is 9.96. The topological polar surface area (TPSA) is 103 Å². The monoisotopic (exact) mass is 624 g/mol. The molecular formula is C33H42F2N6O2S. The predicted molar refractivity (Wildman–Crippen MR) is 171 cm³/mol. The van der Waals surface area contributed by atoms with Gasteiger partial charge in [-0.3, -0.25) is 14.9 Å². The Morgan fingerprint density at radius 3 is 2.52 bits per heavy atom. The fourth-order valence-electron chi connectivity index (χ4n) is 5.07. The number of amides is 2. The number of aromatic nitrogens is 2. The van der Waals surface area contributed by atoms with Crippen LogP contribution < -0.4 is 10.6 Å². The van der Waals surface area contributed by atoms with E-state index in [1.54, 1.807) is 11.0 Å². The van der Waals surface area contributed by atoms with Crippen molar-refractivity contribution in [2.45, 2.75) is 80.4 Å². The third kappa shape index (κ3) is 8.10. The summed E-state index contributed by atoms with van der Waals surface area (Å²) in [6, 6.07) is 11.0. The number of nitrogens with zero attached hydrogens (tertiary/aromatic N) is 4. The number of nitrogens with one attached hydrogen (secondary N) is 2. The average molecular weight is 625 g/mol. The summed E-state index contributed by atoms with van der Waals surface area (Å²) in [7, 11) is 0. The average Bonchev–Trinajstić information content (AvgIpc) is 3.68. The smallest absolute Gasteiger partial charge is 0.272 e. The number of carbonyl (C=O) groups is 2. The van der Waals surface area contributed by atoms with E-state index in [1.165, 1.54) is 12.1 Å². The summed E-state index contributed by atoms with van der Waals surface area (Å²) in [5, 5.41) is 16.0. The fraction of sp³-hybridized carbons (Fsp3) is 0.515. The maximum absolute atomic E-state index is 13.2. The minimum atomic E-state index is -2.65. The number of fused-ring (bicyclic) bond motifs is 1. The van der Waals surface area contributed by atoms with Crippen LogP contribution in [0, 0.1) is 28.1 Å². The predicted octanol–water partition coefficient (Wildman–Crippen LogP) is 7.16. The van der Waals surface area contributed by atoms with E-state index in [9.17, 15) is 23.6 Å². The number of imidazole rings is 1. The van der Waals surface area contributed by atoms with Gasteiger partial charge >= 0.3 is 0 Å². The molecule has 8 nitrogen and oxygen atoms in total. The molecule has 0 saturated carbocycles. The van der Waals surface area contributed by atoms with E-state index in [0.717, 1.165) is 28.8 Å². The van der Waals surface area contributed by atoms with E-state index >= 15 is 0 Å². The molecule has 2 amide bonds. The van der Waals surface area contributed by atoms with Crippen LogP contribution in [0.4, 0.5) is 14.7 Å². The lowest BCUT2D eigenvalue weighted by molar-refractivity contribution is -0.125. The molecule has 0 aliphatic carbocycles. The first-order chi connectivity index (χ1) is 20.6. The van der Waals surface area contributed by atoms with Gasteiger partial charge in [-0.05, 0) is 59.9 Å². The number of hydrogen-bond donors (Lipinski definition) is 2. The minimum absolute atomic E-state index is 0.0581. The van der Waals surface area contributed by atoms with Crippen LogP contribution in [-0.4, -0.2) is 45.4 Å². The van der Waals surface area contributed by atoms with E-state index in [-0.39, 0.29) is 44.0 Å². The highest BCUT2D eigenvalue weighted by Crippen LogP contribution is 2.30. The Balaban J connectivity index is 1.60. The number of hydrogen-bond acceptors (Lipinski definition) is 6. The molecule has 1 aromatic carbocycles. The molecule has 2 N–H and O–H groups in total. The molecular weight excluding hydrogens is 582 g/mol. The van der Waals surface area contributed by atoms with Crippen LogP contribution >= 0.6 is 11.3 Å². The van der Waals surface area contributed by atoms with Gasteiger partial charge in [0, 0.05) is 32.2 Å². The van der Waals surface area contributed by atoms with Gasteiger partial charge < -0.3 is 14.8 Å². The maximum atomic E-state index is 13.2. The second kappa shape index (κ2) is 13.2. The quantitative estimate of drug-likeness (QED) is 0.194. The number of rotatable bonds is 9. The molecule has 2 atom stereocenters. The van der Waals surface area contributed by atoms with Gasteiger partial charge in [-0.15, -0.1) is 11.3 Å². The summed E-state index contributed by atoms with van der Waals surface area (Å²) in [6.45, 7) is 16.7. The first-order valence-corrected chi connectivity index (χ1v) is 15.7. The van der Waals surface area contributed by atoms with Gasteiger partial charge in [-0.2, -0.15) is 5.26 Å². The first kappa shape index (κ1) is 33.3. The highest BCUT2D eigenvalue weighted by molar-refractivity contribution is 7.14. The lowest BCUT2D eigenvalue weighted by Crippen LogP contribution is -2.37. The standard InChI is InChI=1S/C33H42F2N6O2S/c1-20(33(5,6)7)37-17-21-8-9-25-24(14-21)38-31(39-29(42)27-11-10-26(44-27)28(34)35)41(25)19-22-12-13-40(18-22)30(43)23(16-36)15-32(2,3)4/h8-11,14-15,20,22,28,37H,12-13,17-19H2,1-7H3,(H,38,39,42)/b23-15+/t20-,22-/m0/s1. The normalized spacial score (nSPS) is 16.9. The van der Waals surface area contributed by atoms with Crippen LogP contribution in [0.2, 0.25) is 0 Å². The summed E-state index contributed by atoms with van der Waals surface area (Å²) >= 11 is 0.756. The van der Waals surface area contributed by atoms with Crippen molar-refractivity contribution in [2.24, 2.45) is 16.7 Å². The summed E-state index contributed by atoms with van der Waals surface area (Å²) in [4.78, 5) is 32.7. The molecule has 1 saturated heterocycles. The van der Waals surface area contributed by atoms with E-state index in [1.807, 2.05) is 43.5 Å². The van der Waals surface area contributed by atoms with Crippen molar-refractivity contribution < 1.29 is 18.4 Å². The lowest BCUT2D eigenvalue weighted by atomic mass is 9.88. The van der Waals surface area contributed by atoms with Crippen LogP contribution in [-0.2, 0) is 17.9 Å². The number of likely N-dealkylation sites (tertiary alicyclic amines) is 1. The SMILES string of the molecule is C[C@H](NCc1ccc2c(c1)nc(NC(=O)c1ccc(C(F)F)s1)n2C[C@H]1CCN(C(=O)/C(C#N)=C/C(C)(C)C)C1)C(C)(C)C. The van der Waals surface area contributed by atoms with Crippen molar-refractivity contribution in [1.29, 1.82) is 5.26 Å². The summed E-state index contributed by atoms with van der Waals surface area (Å²) < 4.78 is 28.3. The van der Waals surface area contributed by atoms with Crippen molar-refractivity contribution in [2.75, 3.05) is 18.4 Å². The Labute approximate surface area is 262 Å². The molecule has 236 valence electrons. The Hall–Kier alpha value is -3.62. The summed E-state index contributed by atoms with van der Waals surface area (Å²) in [5.74, 6) is -0.403. The van der Waals surface area contributed by atoms with Crippen molar-refractivity contribution in [3.63, 3.8) is 0 Å². The van der Waals surface area contributed by atoms with Crippen molar-refractivity contribution in [1.82, 2.24) is 19.8 Å². The van der Waals surface area contributed by atoms with Crippen molar-refractivity contribution in [3.05, 3.63) is 57.3 Å². The molecule has 1 aliphatic rings. The molecule has 0 bridgehead atoms. The molecule has 1 aliphatic heterocycles. The minimum Gasteiger partial charge on any atom is -0.338 e. The molecule has 1 fully saturated rings. The van der Waals surface area contributed by atoms with Gasteiger partial charge in [0.2, 0.25) is 5.95 Å². The van der Waals surface area contributed by atoms with E-state index in [2.05, 4.69) is 44.4 Å². The molecule has 2 aromatic heterocycles. The number of anilines is 1. The van der Waals surface area contributed by atoms with Crippen LogP contribution in [0.1, 0.15) is 81.4 Å². The number of allylic oxidation sites excluding steroid dienone is 1. The number of carbonyl (C=O) groups excluding carboxylic acids is 2. The number of thiophene rings is 1. The number of alkyl halides is 2. The van der Waals surface area contributed by atoms with Crippen LogP contribution in [0.15, 0.2) is 42.0 Å². The number of halogens is 2. The fourth-order valence-corrected chi connectivity index (χ4v) is 5.83. The molecule has 0 spiro atoms. The Morgan fingerprint density at radius 1 is 1.18 bits per heavy atom. The maximum Gasteiger partial charge on any atom is 0.272 e. The van der Waals surface area contributed by atoms with Gasteiger partial charge in [-0.1, -0.05) is 53.7 Å². The van der Waals surface area contributed by atoms with Crippen LogP contribution in [0.25, 0.3) is 11.0 Å². The zero-order valence-electron chi connectivity index (χ0n) is 26.5. The molecule has 3 aromatic rings. The van der Waals surface area contributed by atoms with Gasteiger partial charge in [0.25, 0.3) is 18.2 Å². The van der Waals surface area contributed by atoms with E-state index in [0.29, 0.717) is 37.6 Å². The Morgan fingerprint density at radius 2 is 1.91 bits per heavy atom. The first-order valence-electron chi connectivity index (χ1n) is 14.9. The molecule has 3 heterocycles. The van der Waals surface area contributed by atoms with Crippen molar-refractivity contribution >= 4 is 40.1 Å². The second-order valence-electron chi connectivity index (χ2n) is 13.7. The third-order valence-electron chi connectivity index (χ3n) is 7.96. The van der Waals surface area contributed by atoms with Gasteiger partial charge in [0.05, 0.1) is 20.8 Å².